The van der Waals surface area contributed by atoms with E-state index in [-0.39, 0.29) is 4.90 Å². The maximum absolute atomic E-state index is 12.2. The number of rotatable bonds is 7. The third-order valence-corrected chi connectivity index (χ3v) is 4.96. The lowest BCUT2D eigenvalue weighted by Crippen LogP contribution is -2.33. The van der Waals surface area contributed by atoms with Gasteiger partial charge in [0.2, 0.25) is 0 Å². The van der Waals surface area contributed by atoms with Gasteiger partial charge in [-0.25, -0.2) is 17.9 Å². The summed E-state index contributed by atoms with van der Waals surface area (Å²) in [5, 5.41) is 0. The zero-order valence-electron chi connectivity index (χ0n) is 14.0. The SMILES string of the molecule is C=CC(CCc1ccccc1)OC(=O)NS(=O)(=O)c1ccc(C)cc1. The van der Waals surface area contributed by atoms with Crippen LogP contribution in [-0.4, -0.2) is 20.6 Å². The summed E-state index contributed by atoms with van der Waals surface area (Å²) in [6.45, 7) is 5.48. The van der Waals surface area contributed by atoms with Crippen molar-refractivity contribution in [1.82, 2.24) is 4.72 Å². The Hall–Kier alpha value is -2.60. The van der Waals surface area contributed by atoms with E-state index in [1.54, 1.807) is 12.1 Å². The molecular weight excluding hydrogens is 338 g/mol. The Morgan fingerprint density at radius 2 is 1.80 bits per heavy atom. The zero-order chi connectivity index (χ0) is 18.3. The van der Waals surface area contributed by atoms with Gasteiger partial charge in [0.25, 0.3) is 10.0 Å². The van der Waals surface area contributed by atoms with Gasteiger partial charge in [0.05, 0.1) is 4.90 Å². The summed E-state index contributed by atoms with van der Waals surface area (Å²) in [4.78, 5) is 11.9. The lowest BCUT2D eigenvalue weighted by molar-refractivity contribution is 0.121. The molecule has 6 heteroatoms. The van der Waals surface area contributed by atoms with E-state index in [0.29, 0.717) is 12.8 Å². The van der Waals surface area contributed by atoms with Crippen LogP contribution in [0.25, 0.3) is 0 Å². The summed E-state index contributed by atoms with van der Waals surface area (Å²) in [6, 6.07) is 15.9. The molecular formula is C19H21NO4S. The fourth-order valence-electron chi connectivity index (χ4n) is 2.23. The quantitative estimate of drug-likeness (QED) is 0.767. The van der Waals surface area contributed by atoms with Crippen molar-refractivity contribution < 1.29 is 17.9 Å². The number of ether oxygens (including phenoxy) is 1. The highest BCUT2D eigenvalue weighted by Crippen LogP contribution is 2.12. The largest absolute Gasteiger partial charge is 0.441 e. The van der Waals surface area contributed by atoms with Crippen LogP contribution in [0.3, 0.4) is 0 Å². The molecule has 1 N–H and O–H groups in total. The molecule has 0 saturated heterocycles. The van der Waals surface area contributed by atoms with Crippen LogP contribution < -0.4 is 4.72 Å². The number of benzene rings is 2. The second kappa shape index (κ2) is 8.48. The number of carbonyl (C=O) groups excluding carboxylic acids is 1. The minimum atomic E-state index is -3.96. The number of hydrogen-bond donors (Lipinski definition) is 1. The first-order valence-corrected chi connectivity index (χ1v) is 9.35. The Kier molecular flexibility index (Phi) is 6.36. The van der Waals surface area contributed by atoms with E-state index in [4.69, 9.17) is 4.74 Å². The van der Waals surface area contributed by atoms with Crippen molar-refractivity contribution in [3.8, 4) is 0 Å². The molecule has 2 aromatic rings. The minimum absolute atomic E-state index is 0.00879. The second-order valence-electron chi connectivity index (χ2n) is 5.62. The van der Waals surface area contributed by atoms with E-state index in [1.165, 1.54) is 18.2 Å². The molecule has 0 aromatic heterocycles. The first-order chi connectivity index (χ1) is 11.9. The molecule has 1 amide bonds. The van der Waals surface area contributed by atoms with Crippen molar-refractivity contribution in [2.24, 2.45) is 0 Å². The van der Waals surface area contributed by atoms with Crippen LogP contribution in [0.5, 0.6) is 0 Å². The molecule has 2 rings (SSSR count). The van der Waals surface area contributed by atoms with E-state index < -0.39 is 22.2 Å². The molecule has 0 radical (unpaired) electrons. The molecule has 0 aliphatic rings. The Balaban J connectivity index is 1.92. The van der Waals surface area contributed by atoms with Gasteiger partial charge in [-0.3, -0.25) is 0 Å². The maximum Gasteiger partial charge on any atom is 0.421 e. The number of sulfonamides is 1. The Labute approximate surface area is 148 Å². The van der Waals surface area contributed by atoms with E-state index in [2.05, 4.69) is 6.58 Å². The summed E-state index contributed by atoms with van der Waals surface area (Å²) in [7, 11) is -3.96. The van der Waals surface area contributed by atoms with Crippen molar-refractivity contribution in [2.75, 3.05) is 0 Å². The normalized spacial score (nSPS) is 12.2. The van der Waals surface area contributed by atoms with Crippen LogP contribution in [-0.2, 0) is 21.2 Å². The predicted molar refractivity (Wildman–Crippen MR) is 96.7 cm³/mol. The average Bonchev–Trinajstić information content (AvgIpc) is 2.59. The van der Waals surface area contributed by atoms with Gasteiger partial charge in [-0.05, 0) is 37.5 Å². The molecule has 0 aliphatic carbocycles. The molecule has 1 atom stereocenters. The molecule has 25 heavy (non-hydrogen) atoms. The molecule has 0 spiro atoms. The first kappa shape index (κ1) is 18.7. The number of carbonyl (C=O) groups is 1. The van der Waals surface area contributed by atoms with Crippen LogP contribution in [0.4, 0.5) is 4.79 Å². The highest BCUT2D eigenvalue weighted by atomic mass is 32.2. The molecule has 0 aliphatic heterocycles. The van der Waals surface area contributed by atoms with Crippen LogP contribution in [0.2, 0.25) is 0 Å². The summed E-state index contributed by atoms with van der Waals surface area (Å²) >= 11 is 0. The van der Waals surface area contributed by atoms with Gasteiger partial charge in [0, 0.05) is 0 Å². The van der Waals surface area contributed by atoms with Gasteiger partial charge in [-0.2, -0.15) is 0 Å². The van der Waals surface area contributed by atoms with Crippen molar-refractivity contribution in [2.45, 2.75) is 30.8 Å². The third kappa shape index (κ3) is 5.76. The first-order valence-electron chi connectivity index (χ1n) is 7.87. The fourth-order valence-corrected chi connectivity index (χ4v) is 3.11. The molecule has 0 fully saturated rings. The standard InChI is InChI=1S/C19H21NO4S/c1-3-17(12-11-16-7-5-4-6-8-16)24-19(21)20-25(22,23)18-13-9-15(2)10-14-18/h3-10,13-14,17H,1,11-12H2,2H3,(H,20,21). The number of hydrogen-bond acceptors (Lipinski definition) is 4. The average molecular weight is 359 g/mol. The maximum atomic E-state index is 12.2. The van der Waals surface area contributed by atoms with Gasteiger partial charge in [0.15, 0.2) is 0 Å². The zero-order valence-corrected chi connectivity index (χ0v) is 14.8. The van der Waals surface area contributed by atoms with E-state index in [0.717, 1.165) is 11.1 Å². The van der Waals surface area contributed by atoms with Crippen molar-refractivity contribution in [3.63, 3.8) is 0 Å². The monoisotopic (exact) mass is 359 g/mol. The van der Waals surface area contributed by atoms with E-state index in [1.807, 2.05) is 42.0 Å². The van der Waals surface area contributed by atoms with Crippen molar-refractivity contribution >= 4 is 16.1 Å². The van der Waals surface area contributed by atoms with E-state index in [9.17, 15) is 13.2 Å². The topological polar surface area (TPSA) is 72.5 Å². The number of aryl methyl sites for hydroxylation is 2. The molecule has 1 unspecified atom stereocenters. The highest BCUT2D eigenvalue weighted by Gasteiger charge is 2.20. The van der Waals surface area contributed by atoms with E-state index >= 15 is 0 Å². The second-order valence-corrected chi connectivity index (χ2v) is 7.30. The van der Waals surface area contributed by atoms with Gasteiger partial charge >= 0.3 is 6.09 Å². The fraction of sp³-hybridized carbons (Fsp3) is 0.211. The molecule has 0 heterocycles. The van der Waals surface area contributed by atoms with Gasteiger partial charge < -0.3 is 4.74 Å². The van der Waals surface area contributed by atoms with Crippen LogP contribution in [0.1, 0.15) is 17.5 Å². The molecule has 0 bridgehead atoms. The van der Waals surface area contributed by atoms with Crippen LogP contribution in [0, 0.1) is 6.92 Å². The lowest BCUT2D eigenvalue weighted by atomic mass is 10.1. The summed E-state index contributed by atoms with van der Waals surface area (Å²) in [6.07, 6.45) is 1.11. The smallest absolute Gasteiger partial charge is 0.421 e. The Bertz CT molecular complexity index is 814. The van der Waals surface area contributed by atoms with Crippen molar-refractivity contribution in [3.05, 3.63) is 78.4 Å². The minimum Gasteiger partial charge on any atom is -0.441 e. The number of nitrogens with one attached hydrogen (secondary N) is 1. The lowest BCUT2D eigenvalue weighted by Gasteiger charge is -2.15. The third-order valence-electron chi connectivity index (χ3n) is 3.63. The summed E-state index contributed by atoms with van der Waals surface area (Å²) in [5.41, 5.74) is 2.03. The Morgan fingerprint density at radius 3 is 2.40 bits per heavy atom. The Morgan fingerprint density at radius 1 is 1.16 bits per heavy atom. The predicted octanol–water partition coefficient (Wildman–Crippen LogP) is 3.60. The molecule has 132 valence electrons. The summed E-state index contributed by atoms with van der Waals surface area (Å²) in [5.74, 6) is 0. The molecule has 5 nitrogen and oxygen atoms in total. The molecule has 0 saturated carbocycles. The molecule has 2 aromatic carbocycles. The van der Waals surface area contributed by atoms with Crippen molar-refractivity contribution in [1.29, 1.82) is 0 Å². The van der Waals surface area contributed by atoms with Crippen LogP contribution in [0.15, 0.2) is 72.1 Å². The summed E-state index contributed by atoms with van der Waals surface area (Å²) < 4.78 is 31.4. The van der Waals surface area contributed by atoms with Crippen LogP contribution >= 0.6 is 0 Å². The van der Waals surface area contributed by atoms with Gasteiger partial charge in [-0.15, -0.1) is 0 Å². The van der Waals surface area contributed by atoms with Gasteiger partial charge in [0.1, 0.15) is 6.10 Å². The number of amides is 1. The van der Waals surface area contributed by atoms with Gasteiger partial charge in [-0.1, -0.05) is 60.7 Å². The highest BCUT2D eigenvalue weighted by molar-refractivity contribution is 7.90.